The molecule has 0 spiro atoms. The van der Waals surface area contributed by atoms with Gasteiger partial charge in [-0.15, -0.1) is 0 Å². The highest BCUT2D eigenvalue weighted by Gasteiger charge is 2.20. The third kappa shape index (κ3) is 4.62. The van der Waals surface area contributed by atoms with Gasteiger partial charge in [0.1, 0.15) is 5.82 Å². The molecule has 0 aromatic heterocycles. The molecular weight excluding hydrogens is 305 g/mol. The van der Waals surface area contributed by atoms with E-state index < -0.39 is 21.9 Å². The molecule has 0 aliphatic rings. The number of ether oxygens (including phenoxy) is 1. The number of sulfonamides is 1. The van der Waals surface area contributed by atoms with Crippen LogP contribution in [0.4, 0.5) is 4.39 Å². The summed E-state index contributed by atoms with van der Waals surface area (Å²) in [5.74, 6) is -0.589. The molecule has 0 heterocycles. The van der Waals surface area contributed by atoms with E-state index in [1.807, 2.05) is 30.3 Å². The Morgan fingerprint density at radius 2 is 1.86 bits per heavy atom. The van der Waals surface area contributed by atoms with Gasteiger partial charge in [-0.1, -0.05) is 36.4 Å². The third-order valence-corrected chi connectivity index (χ3v) is 4.64. The Bertz CT molecular complexity index is 704. The van der Waals surface area contributed by atoms with Crippen LogP contribution >= 0.6 is 0 Å². The molecule has 2 aromatic rings. The second-order valence-electron chi connectivity index (χ2n) is 4.92. The zero-order valence-electron chi connectivity index (χ0n) is 12.2. The van der Waals surface area contributed by atoms with Crippen LogP contribution in [0.1, 0.15) is 5.56 Å². The molecule has 0 aliphatic carbocycles. The molecule has 0 aliphatic heterocycles. The van der Waals surface area contributed by atoms with Crippen molar-refractivity contribution in [2.24, 2.45) is 0 Å². The van der Waals surface area contributed by atoms with Gasteiger partial charge in [0, 0.05) is 13.2 Å². The summed E-state index contributed by atoms with van der Waals surface area (Å²) in [5, 5.41) is 0. The third-order valence-electron chi connectivity index (χ3n) is 3.12. The minimum atomic E-state index is -3.79. The van der Waals surface area contributed by atoms with Crippen molar-refractivity contribution in [3.05, 3.63) is 66.0 Å². The van der Waals surface area contributed by atoms with Crippen molar-refractivity contribution in [2.45, 2.75) is 17.4 Å². The molecule has 2 aromatic carbocycles. The molecule has 1 N–H and O–H groups in total. The molecule has 118 valence electrons. The minimum Gasteiger partial charge on any atom is -0.383 e. The Balaban J connectivity index is 2.16. The zero-order valence-corrected chi connectivity index (χ0v) is 13.0. The number of halogens is 1. The van der Waals surface area contributed by atoms with Gasteiger partial charge in [0.25, 0.3) is 0 Å². The van der Waals surface area contributed by atoms with E-state index in [1.54, 1.807) is 0 Å². The molecule has 22 heavy (non-hydrogen) atoms. The molecule has 2 rings (SSSR count). The maximum Gasteiger partial charge on any atom is 0.241 e. The number of hydrogen-bond donors (Lipinski definition) is 1. The van der Waals surface area contributed by atoms with Gasteiger partial charge >= 0.3 is 0 Å². The van der Waals surface area contributed by atoms with Crippen molar-refractivity contribution in [1.82, 2.24) is 4.72 Å². The summed E-state index contributed by atoms with van der Waals surface area (Å²) in [5.41, 5.74) is 0.992. The summed E-state index contributed by atoms with van der Waals surface area (Å²) in [6.45, 7) is 0.226. The van der Waals surface area contributed by atoms with Crippen LogP contribution < -0.4 is 4.72 Å². The van der Waals surface area contributed by atoms with Gasteiger partial charge in [0.05, 0.1) is 11.5 Å². The van der Waals surface area contributed by atoms with Crippen LogP contribution in [0.5, 0.6) is 0 Å². The number of hydrogen-bond acceptors (Lipinski definition) is 3. The van der Waals surface area contributed by atoms with Gasteiger partial charge < -0.3 is 4.74 Å². The van der Waals surface area contributed by atoms with Crippen LogP contribution in [0, 0.1) is 5.82 Å². The normalized spacial score (nSPS) is 13.0. The molecule has 0 radical (unpaired) electrons. The second kappa shape index (κ2) is 7.49. The molecule has 0 bridgehead atoms. The summed E-state index contributed by atoms with van der Waals surface area (Å²) in [7, 11) is -2.29. The Morgan fingerprint density at radius 1 is 1.14 bits per heavy atom. The Morgan fingerprint density at radius 3 is 2.50 bits per heavy atom. The molecule has 0 saturated heterocycles. The van der Waals surface area contributed by atoms with Gasteiger partial charge in [0.15, 0.2) is 0 Å². The minimum absolute atomic E-state index is 0.0957. The van der Waals surface area contributed by atoms with E-state index in [0.29, 0.717) is 6.42 Å². The van der Waals surface area contributed by atoms with Gasteiger partial charge in [-0.3, -0.25) is 0 Å². The van der Waals surface area contributed by atoms with E-state index >= 15 is 0 Å². The van der Waals surface area contributed by atoms with E-state index in [-0.39, 0.29) is 11.5 Å². The van der Waals surface area contributed by atoms with Gasteiger partial charge in [-0.05, 0) is 30.2 Å². The fraction of sp³-hybridized carbons (Fsp3) is 0.250. The van der Waals surface area contributed by atoms with Gasteiger partial charge in [-0.25, -0.2) is 17.5 Å². The van der Waals surface area contributed by atoms with Crippen molar-refractivity contribution < 1.29 is 17.5 Å². The van der Waals surface area contributed by atoms with E-state index in [1.165, 1.54) is 25.3 Å². The van der Waals surface area contributed by atoms with E-state index in [4.69, 9.17) is 4.74 Å². The van der Waals surface area contributed by atoms with Crippen molar-refractivity contribution >= 4 is 10.0 Å². The molecular formula is C16H18FNO3S. The standard InChI is InChI=1S/C16H18FNO3S/c1-21-12-15(10-13-6-3-2-4-7-13)18-22(19,20)16-9-5-8-14(17)11-16/h2-9,11,15,18H,10,12H2,1H3. The smallest absolute Gasteiger partial charge is 0.241 e. The van der Waals surface area contributed by atoms with Crippen LogP contribution in [-0.2, 0) is 21.2 Å². The molecule has 1 atom stereocenters. The molecule has 6 heteroatoms. The predicted molar refractivity (Wildman–Crippen MR) is 82.5 cm³/mol. The molecule has 0 amide bonds. The quantitative estimate of drug-likeness (QED) is 0.851. The van der Waals surface area contributed by atoms with Crippen molar-refractivity contribution in [3.8, 4) is 0 Å². The maximum atomic E-state index is 13.2. The second-order valence-corrected chi connectivity index (χ2v) is 6.63. The first-order valence-electron chi connectivity index (χ1n) is 6.82. The lowest BCUT2D eigenvalue weighted by atomic mass is 10.1. The van der Waals surface area contributed by atoms with E-state index in [2.05, 4.69) is 4.72 Å². The molecule has 0 fully saturated rings. The predicted octanol–water partition coefficient (Wildman–Crippen LogP) is 2.36. The maximum absolute atomic E-state index is 13.2. The first-order valence-corrected chi connectivity index (χ1v) is 8.30. The summed E-state index contributed by atoms with van der Waals surface area (Å²) >= 11 is 0. The van der Waals surface area contributed by atoms with Crippen LogP contribution in [0.3, 0.4) is 0 Å². The lowest BCUT2D eigenvalue weighted by molar-refractivity contribution is 0.174. The topological polar surface area (TPSA) is 55.4 Å². The Hall–Kier alpha value is -1.76. The van der Waals surface area contributed by atoms with Crippen LogP contribution in [-0.4, -0.2) is 28.2 Å². The highest BCUT2D eigenvalue weighted by molar-refractivity contribution is 7.89. The summed E-state index contributed by atoms with van der Waals surface area (Å²) < 4.78 is 45.5. The molecule has 1 unspecified atom stereocenters. The lowest BCUT2D eigenvalue weighted by Crippen LogP contribution is -2.39. The fourth-order valence-corrected chi connectivity index (χ4v) is 3.41. The fourth-order valence-electron chi connectivity index (χ4n) is 2.16. The highest BCUT2D eigenvalue weighted by atomic mass is 32.2. The monoisotopic (exact) mass is 323 g/mol. The number of methoxy groups -OCH3 is 1. The van der Waals surface area contributed by atoms with Crippen molar-refractivity contribution in [2.75, 3.05) is 13.7 Å². The lowest BCUT2D eigenvalue weighted by Gasteiger charge is -2.18. The van der Waals surface area contributed by atoms with Crippen LogP contribution in [0.15, 0.2) is 59.5 Å². The number of rotatable bonds is 7. The van der Waals surface area contributed by atoms with Gasteiger partial charge in [-0.2, -0.15) is 0 Å². The SMILES string of the molecule is COCC(Cc1ccccc1)NS(=O)(=O)c1cccc(F)c1. The number of nitrogens with one attached hydrogen (secondary N) is 1. The number of benzene rings is 2. The van der Waals surface area contributed by atoms with Gasteiger partial charge in [0.2, 0.25) is 10.0 Å². The Labute approximate surface area is 130 Å². The van der Waals surface area contributed by atoms with E-state index in [0.717, 1.165) is 11.6 Å². The first-order chi connectivity index (χ1) is 10.5. The van der Waals surface area contributed by atoms with Crippen molar-refractivity contribution in [3.63, 3.8) is 0 Å². The molecule has 4 nitrogen and oxygen atoms in total. The highest BCUT2D eigenvalue weighted by Crippen LogP contribution is 2.12. The first kappa shape index (κ1) is 16.6. The summed E-state index contributed by atoms with van der Waals surface area (Å²) in [6.07, 6.45) is 0.489. The zero-order chi connectivity index (χ0) is 16.0. The molecule has 0 saturated carbocycles. The summed E-state index contributed by atoms with van der Waals surface area (Å²) in [6, 6.07) is 14.0. The Kier molecular flexibility index (Phi) is 5.65. The average molecular weight is 323 g/mol. The van der Waals surface area contributed by atoms with E-state index in [9.17, 15) is 12.8 Å². The average Bonchev–Trinajstić information content (AvgIpc) is 2.48. The van der Waals surface area contributed by atoms with Crippen LogP contribution in [0.2, 0.25) is 0 Å². The van der Waals surface area contributed by atoms with Crippen LogP contribution in [0.25, 0.3) is 0 Å². The van der Waals surface area contributed by atoms with Crippen molar-refractivity contribution in [1.29, 1.82) is 0 Å². The summed E-state index contributed by atoms with van der Waals surface area (Å²) in [4.78, 5) is -0.0957. The largest absolute Gasteiger partial charge is 0.383 e.